The Kier molecular flexibility index (Phi) is 8.76. The Morgan fingerprint density at radius 1 is 1.19 bits per heavy atom. The highest BCUT2D eigenvalue weighted by Crippen LogP contribution is 2.40. The molecule has 2 fully saturated rings. The number of hydrogen-bond acceptors (Lipinski definition) is 8. The summed E-state index contributed by atoms with van der Waals surface area (Å²) >= 11 is 1.34. The molecule has 2 aliphatic heterocycles. The van der Waals surface area contributed by atoms with Gasteiger partial charge in [0.05, 0.1) is 17.1 Å². The molecule has 0 amide bonds. The number of esters is 2. The Bertz CT molecular complexity index is 683. The van der Waals surface area contributed by atoms with Gasteiger partial charge < -0.3 is 19.5 Å². The molecule has 3 atom stereocenters. The number of carboxylic acid groups (broad SMARTS) is 1. The second-order valence-corrected chi connectivity index (χ2v) is 11.3. The van der Waals surface area contributed by atoms with Crippen molar-refractivity contribution in [3.63, 3.8) is 0 Å². The smallest absolute Gasteiger partial charge is 0.331 e. The van der Waals surface area contributed by atoms with Crippen molar-refractivity contribution >= 4 is 36.0 Å². The molecular weight excluding hydrogens is 422 g/mol. The number of aliphatic carboxylic acids is 1. The van der Waals surface area contributed by atoms with E-state index in [4.69, 9.17) is 9.47 Å². The largest absolute Gasteiger partial charge is 0.480 e. The van der Waals surface area contributed by atoms with Gasteiger partial charge in [0.2, 0.25) is 6.79 Å². The zero-order valence-electron chi connectivity index (χ0n) is 19.1. The van der Waals surface area contributed by atoms with E-state index in [1.807, 2.05) is 13.8 Å². The van der Waals surface area contributed by atoms with Gasteiger partial charge in [-0.25, -0.2) is 4.79 Å². The topological polar surface area (TPSA) is 118 Å². The van der Waals surface area contributed by atoms with Gasteiger partial charge in [0.1, 0.15) is 6.04 Å². The second-order valence-electron chi connectivity index (χ2n) is 9.50. The Labute approximate surface area is 188 Å². The summed E-state index contributed by atoms with van der Waals surface area (Å²) in [5.74, 6) is -2.12. The normalized spacial score (nSPS) is 25.1. The van der Waals surface area contributed by atoms with Crippen molar-refractivity contribution in [3.8, 4) is 0 Å². The maximum atomic E-state index is 12.6. The van der Waals surface area contributed by atoms with Gasteiger partial charge >= 0.3 is 17.9 Å². The van der Waals surface area contributed by atoms with Crippen molar-refractivity contribution in [3.05, 3.63) is 0 Å². The van der Waals surface area contributed by atoms with Crippen LogP contribution in [0.3, 0.4) is 0 Å². The molecule has 176 valence electrons. The van der Waals surface area contributed by atoms with E-state index in [-0.39, 0.29) is 0 Å². The predicted octanol–water partition coefficient (Wildman–Crippen LogP) is 2.24. The first-order valence-corrected chi connectivity index (χ1v) is 11.6. The van der Waals surface area contributed by atoms with Crippen LogP contribution in [0.25, 0.3) is 0 Å². The van der Waals surface area contributed by atoms with Crippen LogP contribution in [-0.4, -0.2) is 76.3 Å². The van der Waals surface area contributed by atoms with Crippen LogP contribution in [0.5, 0.6) is 0 Å². The van der Waals surface area contributed by atoms with Gasteiger partial charge in [-0.3, -0.25) is 19.9 Å². The van der Waals surface area contributed by atoms with Gasteiger partial charge in [0.15, 0.2) is 6.04 Å². The molecule has 0 aromatic carbocycles. The summed E-state index contributed by atoms with van der Waals surface area (Å²) in [6.45, 7) is 10.1. The Morgan fingerprint density at radius 2 is 1.81 bits per heavy atom. The van der Waals surface area contributed by atoms with Crippen molar-refractivity contribution in [2.24, 2.45) is 10.4 Å². The number of carbonyl (C=O) groups is 3. The highest BCUT2D eigenvalue weighted by molar-refractivity contribution is 8.01. The first-order valence-electron chi connectivity index (χ1n) is 10.7. The SMILES string of the molecule is CC(C)(C)C(=O)OCOC(=O)[C@@H]1NC(C(N=CN2CCCCCC2)C(=O)O)SC1(C)C. The highest BCUT2D eigenvalue weighted by Gasteiger charge is 2.49. The first-order chi connectivity index (χ1) is 14.4. The lowest BCUT2D eigenvalue weighted by Crippen LogP contribution is -2.48. The molecule has 2 unspecified atom stereocenters. The number of likely N-dealkylation sites (tertiary alicyclic amines) is 1. The van der Waals surface area contributed by atoms with Crippen LogP contribution in [0.15, 0.2) is 4.99 Å². The van der Waals surface area contributed by atoms with Crippen LogP contribution in [0.4, 0.5) is 0 Å². The van der Waals surface area contributed by atoms with Gasteiger partial charge in [0.25, 0.3) is 0 Å². The fraction of sp³-hybridized carbons (Fsp3) is 0.810. The van der Waals surface area contributed by atoms with Gasteiger partial charge in [0, 0.05) is 17.8 Å². The van der Waals surface area contributed by atoms with Crippen LogP contribution < -0.4 is 5.32 Å². The molecule has 0 saturated carbocycles. The molecule has 0 radical (unpaired) electrons. The molecule has 9 nitrogen and oxygen atoms in total. The van der Waals surface area contributed by atoms with E-state index < -0.39 is 52.3 Å². The first kappa shape index (κ1) is 25.5. The zero-order chi connectivity index (χ0) is 23.2. The van der Waals surface area contributed by atoms with Gasteiger partial charge in [-0.1, -0.05) is 12.8 Å². The molecule has 10 heteroatoms. The number of aliphatic imine (C=N–C) groups is 1. The lowest BCUT2D eigenvalue weighted by molar-refractivity contribution is -0.174. The summed E-state index contributed by atoms with van der Waals surface area (Å²) in [6.07, 6.45) is 6.13. The monoisotopic (exact) mass is 457 g/mol. The number of nitrogens with one attached hydrogen (secondary N) is 1. The van der Waals surface area contributed by atoms with Gasteiger partial charge in [-0.15, -0.1) is 11.8 Å². The second kappa shape index (κ2) is 10.7. The number of carboxylic acids is 1. The Morgan fingerprint density at radius 3 is 2.35 bits per heavy atom. The van der Waals surface area contributed by atoms with E-state index >= 15 is 0 Å². The summed E-state index contributed by atoms with van der Waals surface area (Å²) in [5.41, 5.74) is -0.696. The van der Waals surface area contributed by atoms with E-state index in [0.717, 1.165) is 25.9 Å². The minimum absolute atomic E-state index is 0.472. The fourth-order valence-corrected chi connectivity index (χ4v) is 4.87. The maximum Gasteiger partial charge on any atom is 0.331 e. The average molecular weight is 458 g/mol. The van der Waals surface area contributed by atoms with E-state index in [1.165, 1.54) is 24.6 Å². The number of carbonyl (C=O) groups excluding carboxylic acids is 2. The minimum atomic E-state index is -1.06. The van der Waals surface area contributed by atoms with Crippen molar-refractivity contribution in [1.29, 1.82) is 0 Å². The Balaban J connectivity index is 1.98. The molecule has 0 aliphatic carbocycles. The van der Waals surface area contributed by atoms with Crippen molar-refractivity contribution in [2.75, 3.05) is 19.9 Å². The number of thioether (sulfide) groups is 1. The van der Waals surface area contributed by atoms with E-state index in [2.05, 4.69) is 15.2 Å². The molecular formula is C21H35N3O6S. The summed E-state index contributed by atoms with van der Waals surface area (Å²) in [6, 6.07) is -1.80. The molecule has 2 aliphatic rings. The molecule has 0 aromatic rings. The summed E-state index contributed by atoms with van der Waals surface area (Å²) in [4.78, 5) is 42.7. The number of ether oxygens (including phenoxy) is 2. The van der Waals surface area contributed by atoms with Crippen LogP contribution in [0.2, 0.25) is 0 Å². The van der Waals surface area contributed by atoms with Crippen molar-refractivity contribution in [2.45, 2.75) is 82.5 Å². The molecule has 0 spiro atoms. The minimum Gasteiger partial charge on any atom is -0.480 e. The summed E-state index contributed by atoms with van der Waals surface area (Å²) in [7, 11) is 0. The number of nitrogens with zero attached hydrogens (tertiary/aromatic N) is 2. The van der Waals surface area contributed by atoms with Crippen LogP contribution in [0.1, 0.15) is 60.3 Å². The maximum absolute atomic E-state index is 12.6. The molecule has 2 saturated heterocycles. The molecule has 31 heavy (non-hydrogen) atoms. The molecule has 0 aromatic heterocycles. The standard InChI is InChI=1S/C21H35N3O6S/c1-20(2,3)19(28)30-13-29-18(27)15-21(4,5)31-16(23-15)14(17(25)26)22-12-24-10-8-6-7-9-11-24/h12,14-16,23H,6-11,13H2,1-5H3,(H,25,26)/t14?,15-,16?/m0/s1. The molecule has 2 heterocycles. The quantitative estimate of drug-likeness (QED) is 0.257. The third-order valence-electron chi connectivity index (χ3n) is 5.27. The van der Waals surface area contributed by atoms with Crippen LogP contribution in [-0.2, 0) is 23.9 Å². The number of hydrogen-bond donors (Lipinski definition) is 2. The fourth-order valence-electron chi connectivity index (χ4n) is 3.39. The van der Waals surface area contributed by atoms with E-state index in [9.17, 15) is 19.5 Å². The summed E-state index contributed by atoms with van der Waals surface area (Å²) < 4.78 is 9.50. The van der Waals surface area contributed by atoms with Gasteiger partial charge in [-0.2, -0.15) is 0 Å². The highest BCUT2D eigenvalue weighted by atomic mass is 32.2. The Hall–Kier alpha value is -1.81. The lowest BCUT2D eigenvalue weighted by atomic mass is 9.98. The third-order valence-corrected chi connectivity index (χ3v) is 6.76. The third kappa shape index (κ3) is 7.38. The van der Waals surface area contributed by atoms with Crippen molar-refractivity contribution in [1.82, 2.24) is 10.2 Å². The lowest BCUT2D eigenvalue weighted by Gasteiger charge is -2.23. The predicted molar refractivity (Wildman–Crippen MR) is 119 cm³/mol. The van der Waals surface area contributed by atoms with Crippen molar-refractivity contribution < 1.29 is 29.0 Å². The molecule has 2 N–H and O–H groups in total. The molecule has 2 rings (SSSR count). The zero-order valence-corrected chi connectivity index (χ0v) is 19.9. The van der Waals surface area contributed by atoms with E-state index in [1.54, 1.807) is 27.1 Å². The average Bonchev–Trinajstić information content (AvgIpc) is 2.82. The van der Waals surface area contributed by atoms with Crippen LogP contribution >= 0.6 is 11.8 Å². The van der Waals surface area contributed by atoms with Gasteiger partial charge in [-0.05, 0) is 47.5 Å². The van der Waals surface area contributed by atoms with E-state index in [0.29, 0.717) is 0 Å². The number of rotatable bonds is 7. The van der Waals surface area contributed by atoms with Crippen LogP contribution in [0, 0.1) is 5.41 Å². The summed E-state index contributed by atoms with van der Waals surface area (Å²) in [5, 5.41) is 12.2. The molecule has 0 bridgehead atoms.